The minimum Gasteiger partial charge on any atom is -0.461 e. The first kappa shape index (κ1) is 39.9. The summed E-state index contributed by atoms with van der Waals surface area (Å²) >= 11 is 0. The Labute approximate surface area is 262 Å². The van der Waals surface area contributed by atoms with E-state index in [1.807, 2.05) is 35.2 Å². The maximum Gasteiger partial charge on any atom is 0.306 e. The molecule has 0 saturated carbocycles. The summed E-state index contributed by atoms with van der Waals surface area (Å²) in [5.41, 5.74) is 12.9. The summed E-state index contributed by atoms with van der Waals surface area (Å²) in [7, 11) is 0. The van der Waals surface area contributed by atoms with Crippen LogP contribution in [0.25, 0.3) is 0 Å². The fourth-order valence-corrected chi connectivity index (χ4v) is 5.26. The smallest absolute Gasteiger partial charge is 0.306 e. The molecular formula is C34H60ClN3O4. The monoisotopic (exact) mass is 609 g/mol. The number of primary amides is 1. The highest BCUT2D eigenvalue weighted by molar-refractivity contribution is 5.85. The Morgan fingerprint density at radius 3 is 1.88 bits per heavy atom. The molecule has 0 aliphatic heterocycles. The summed E-state index contributed by atoms with van der Waals surface area (Å²) < 4.78 is 5.34. The van der Waals surface area contributed by atoms with Gasteiger partial charge in [-0.15, -0.1) is 12.4 Å². The second kappa shape index (κ2) is 26.5. The Hall–Kier alpha value is -2.12. The lowest BCUT2D eigenvalue weighted by Gasteiger charge is -2.33. The van der Waals surface area contributed by atoms with Crippen molar-refractivity contribution in [1.82, 2.24) is 4.90 Å². The van der Waals surface area contributed by atoms with Gasteiger partial charge in [-0.05, 0) is 31.2 Å². The van der Waals surface area contributed by atoms with E-state index in [1.54, 1.807) is 0 Å². The first-order valence-corrected chi connectivity index (χ1v) is 16.4. The Morgan fingerprint density at radius 1 is 0.762 bits per heavy atom. The normalized spacial score (nSPS) is 12.3. The topological polar surface area (TPSA) is 116 Å². The van der Waals surface area contributed by atoms with E-state index in [0.717, 1.165) is 44.1 Å². The van der Waals surface area contributed by atoms with Crippen LogP contribution in [0.2, 0.25) is 0 Å². The van der Waals surface area contributed by atoms with Crippen molar-refractivity contribution in [2.45, 2.75) is 155 Å². The molecule has 1 aromatic carbocycles. The van der Waals surface area contributed by atoms with Crippen LogP contribution in [0.5, 0.6) is 0 Å². The first-order valence-electron chi connectivity index (χ1n) is 16.4. The molecule has 7 nitrogen and oxygen atoms in total. The largest absolute Gasteiger partial charge is 0.461 e. The minimum atomic E-state index is -0.716. The number of hydrogen-bond donors (Lipinski definition) is 2. The number of nitrogens with two attached hydrogens (primary N) is 2. The van der Waals surface area contributed by atoms with E-state index in [4.69, 9.17) is 16.2 Å². The van der Waals surface area contributed by atoms with Gasteiger partial charge < -0.3 is 21.1 Å². The number of amides is 2. The third-order valence-corrected chi connectivity index (χ3v) is 7.76. The highest BCUT2D eigenvalue weighted by Gasteiger charge is 2.28. The van der Waals surface area contributed by atoms with Crippen molar-refractivity contribution < 1.29 is 19.1 Å². The average Bonchev–Trinajstić information content (AvgIpc) is 2.96. The summed E-state index contributed by atoms with van der Waals surface area (Å²) in [6.07, 6.45) is 18.7. The lowest BCUT2D eigenvalue weighted by atomic mass is 9.99. The Kier molecular flexibility index (Phi) is 25.2. The van der Waals surface area contributed by atoms with Crippen LogP contribution >= 0.6 is 12.4 Å². The van der Waals surface area contributed by atoms with Gasteiger partial charge in [-0.1, -0.05) is 128 Å². The molecule has 2 amide bonds. The van der Waals surface area contributed by atoms with Gasteiger partial charge in [0.1, 0.15) is 6.61 Å². The molecule has 1 rings (SSSR count). The summed E-state index contributed by atoms with van der Waals surface area (Å²) in [4.78, 5) is 39.4. The molecule has 0 unspecified atom stereocenters. The fraction of sp³-hybridized carbons (Fsp3) is 0.735. The lowest BCUT2D eigenvalue weighted by Crippen LogP contribution is -2.50. The number of ether oxygens (including phenoxy) is 1. The van der Waals surface area contributed by atoms with E-state index in [9.17, 15) is 14.4 Å². The molecule has 0 spiro atoms. The molecule has 1 aromatic rings. The third-order valence-electron chi connectivity index (χ3n) is 7.76. The third kappa shape index (κ3) is 19.9. The maximum atomic E-state index is 13.5. The summed E-state index contributed by atoms with van der Waals surface area (Å²) in [6, 6.07) is 8.61. The van der Waals surface area contributed by atoms with E-state index < -0.39 is 6.04 Å². The van der Waals surface area contributed by atoms with E-state index >= 15 is 0 Å². The van der Waals surface area contributed by atoms with Crippen molar-refractivity contribution in [3.8, 4) is 0 Å². The van der Waals surface area contributed by atoms with Crippen LogP contribution in [0.3, 0.4) is 0 Å². The van der Waals surface area contributed by atoms with Crippen molar-refractivity contribution in [2.75, 3.05) is 6.54 Å². The van der Waals surface area contributed by atoms with Gasteiger partial charge in [-0.3, -0.25) is 14.4 Å². The highest BCUT2D eigenvalue weighted by Crippen LogP contribution is 2.19. The van der Waals surface area contributed by atoms with Crippen LogP contribution in [-0.4, -0.2) is 41.3 Å². The second-order valence-corrected chi connectivity index (χ2v) is 11.5. The van der Waals surface area contributed by atoms with Gasteiger partial charge in [0.2, 0.25) is 11.8 Å². The molecule has 0 aliphatic rings. The van der Waals surface area contributed by atoms with Crippen molar-refractivity contribution in [3.05, 3.63) is 35.9 Å². The number of hydrogen-bond acceptors (Lipinski definition) is 5. The van der Waals surface area contributed by atoms with Crippen LogP contribution in [0.1, 0.15) is 141 Å². The van der Waals surface area contributed by atoms with Crippen molar-refractivity contribution in [1.29, 1.82) is 0 Å². The van der Waals surface area contributed by atoms with Gasteiger partial charge in [0, 0.05) is 25.4 Å². The van der Waals surface area contributed by atoms with E-state index in [1.165, 1.54) is 57.8 Å². The van der Waals surface area contributed by atoms with Gasteiger partial charge in [0.15, 0.2) is 0 Å². The molecule has 8 heteroatoms. The standard InChI is InChI=1S/C34H59N3O4.ClH/c1-3-5-7-8-9-10-11-12-13-14-18-23-30(27-32(36)38)37(26-19-6-4-2)34(40)31(35)24-20-25-33(39)41-28-29-21-16-15-17-22-29;/h15-17,21-22,30-31H,3-14,18-20,23-28,35H2,1-2H3,(H2,36,38);1H/t30-,31-;/m0./s1. The summed E-state index contributed by atoms with van der Waals surface area (Å²) in [5.74, 6) is -0.828. The summed E-state index contributed by atoms with van der Waals surface area (Å²) in [6.45, 7) is 5.19. The quantitative estimate of drug-likeness (QED) is 0.0828. The summed E-state index contributed by atoms with van der Waals surface area (Å²) in [5, 5.41) is 0. The number of rotatable bonds is 26. The predicted molar refractivity (Wildman–Crippen MR) is 175 cm³/mol. The van der Waals surface area contributed by atoms with Crippen LogP contribution in [0.15, 0.2) is 30.3 Å². The molecule has 0 heterocycles. The molecule has 2 atom stereocenters. The zero-order chi connectivity index (χ0) is 30.1. The number of unbranched alkanes of at least 4 members (excludes halogenated alkanes) is 12. The van der Waals surface area contributed by atoms with E-state index in [0.29, 0.717) is 19.4 Å². The van der Waals surface area contributed by atoms with E-state index in [2.05, 4.69) is 13.8 Å². The van der Waals surface area contributed by atoms with Crippen LogP contribution in [0, 0.1) is 0 Å². The molecule has 42 heavy (non-hydrogen) atoms. The van der Waals surface area contributed by atoms with Gasteiger partial charge in [0.25, 0.3) is 0 Å². The SMILES string of the molecule is CCCCCCCCCCCCC[C@@H](CC(N)=O)N(CCCCC)C(=O)[C@@H](N)CCCC(=O)OCc1ccccc1.Cl. The first-order chi connectivity index (χ1) is 19.9. The van der Waals surface area contributed by atoms with Gasteiger partial charge in [-0.2, -0.15) is 0 Å². The highest BCUT2D eigenvalue weighted by atomic mass is 35.5. The molecule has 0 radical (unpaired) electrons. The zero-order valence-corrected chi connectivity index (χ0v) is 27.4. The Bertz CT molecular complexity index is 824. The minimum absolute atomic E-state index is 0. The number of benzene rings is 1. The Balaban J connectivity index is 0.0000168. The van der Waals surface area contributed by atoms with E-state index in [-0.39, 0.29) is 55.7 Å². The number of nitrogens with zero attached hydrogens (tertiary/aromatic N) is 1. The second-order valence-electron chi connectivity index (χ2n) is 11.5. The molecule has 0 aliphatic carbocycles. The molecule has 0 saturated heterocycles. The van der Waals surface area contributed by atoms with Crippen molar-refractivity contribution >= 4 is 30.2 Å². The molecule has 242 valence electrons. The molecule has 0 fully saturated rings. The molecular weight excluding hydrogens is 550 g/mol. The van der Waals surface area contributed by atoms with Crippen molar-refractivity contribution in [3.63, 3.8) is 0 Å². The van der Waals surface area contributed by atoms with Gasteiger partial charge >= 0.3 is 5.97 Å². The predicted octanol–water partition coefficient (Wildman–Crippen LogP) is 7.61. The average molecular weight is 610 g/mol. The lowest BCUT2D eigenvalue weighted by molar-refractivity contribution is -0.145. The van der Waals surface area contributed by atoms with Crippen LogP contribution in [0.4, 0.5) is 0 Å². The molecule has 0 bridgehead atoms. The zero-order valence-electron chi connectivity index (χ0n) is 26.5. The number of esters is 1. The number of halogens is 1. The number of carbonyl (C=O) groups excluding carboxylic acids is 3. The Morgan fingerprint density at radius 2 is 1.31 bits per heavy atom. The fourth-order valence-electron chi connectivity index (χ4n) is 5.26. The van der Waals surface area contributed by atoms with Gasteiger partial charge in [-0.25, -0.2) is 0 Å². The van der Waals surface area contributed by atoms with Crippen molar-refractivity contribution in [2.24, 2.45) is 11.5 Å². The molecule has 4 N–H and O–H groups in total. The van der Waals surface area contributed by atoms with Crippen LogP contribution in [-0.2, 0) is 25.7 Å². The molecule has 0 aromatic heterocycles. The maximum absolute atomic E-state index is 13.5. The number of carbonyl (C=O) groups is 3. The van der Waals surface area contributed by atoms with Crippen LogP contribution < -0.4 is 11.5 Å². The van der Waals surface area contributed by atoms with Gasteiger partial charge in [0.05, 0.1) is 6.04 Å².